The van der Waals surface area contributed by atoms with Gasteiger partial charge in [-0.05, 0) is 47.2 Å². The van der Waals surface area contributed by atoms with Crippen LogP contribution in [0.15, 0.2) is 36.4 Å². The Morgan fingerprint density at radius 2 is 2.00 bits per heavy atom. The summed E-state index contributed by atoms with van der Waals surface area (Å²) in [5.41, 5.74) is 1.43. The van der Waals surface area contributed by atoms with Crippen LogP contribution in [0, 0.1) is 0 Å². The van der Waals surface area contributed by atoms with Crippen molar-refractivity contribution in [2.45, 2.75) is 18.8 Å². The van der Waals surface area contributed by atoms with E-state index >= 15 is 0 Å². The first-order chi connectivity index (χ1) is 8.38. The number of methoxy groups -OCH3 is 1. The standard InChI is InChI=1S/C15H16O2/c1-16-10-17-13-8-12-4-2-3-5-14(12)15(9-13)11-6-7-11/h2-5,8-9,11H,6-7,10H2,1H3. The third-order valence-electron chi connectivity index (χ3n) is 3.23. The minimum absolute atomic E-state index is 0.308. The summed E-state index contributed by atoms with van der Waals surface area (Å²) in [4.78, 5) is 0. The lowest BCUT2D eigenvalue weighted by molar-refractivity contribution is 0.0512. The fourth-order valence-electron chi connectivity index (χ4n) is 2.25. The maximum atomic E-state index is 5.56. The summed E-state index contributed by atoms with van der Waals surface area (Å²) >= 11 is 0. The topological polar surface area (TPSA) is 18.5 Å². The van der Waals surface area contributed by atoms with Gasteiger partial charge in [-0.25, -0.2) is 0 Å². The van der Waals surface area contributed by atoms with Gasteiger partial charge in [0, 0.05) is 7.11 Å². The predicted octanol–water partition coefficient (Wildman–Crippen LogP) is 3.70. The van der Waals surface area contributed by atoms with Gasteiger partial charge in [0.15, 0.2) is 6.79 Å². The molecule has 2 aromatic rings. The summed E-state index contributed by atoms with van der Waals surface area (Å²) in [7, 11) is 1.64. The Morgan fingerprint density at radius 1 is 1.18 bits per heavy atom. The van der Waals surface area contributed by atoms with Crippen molar-refractivity contribution in [3.63, 3.8) is 0 Å². The van der Waals surface area contributed by atoms with Gasteiger partial charge in [0.1, 0.15) is 5.75 Å². The number of hydrogen-bond acceptors (Lipinski definition) is 2. The van der Waals surface area contributed by atoms with Crippen LogP contribution in [0.1, 0.15) is 24.3 Å². The van der Waals surface area contributed by atoms with Gasteiger partial charge in [0.25, 0.3) is 0 Å². The van der Waals surface area contributed by atoms with E-state index in [2.05, 4.69) is 36.4 Å². The predicted molar refractivity (Wildman–Crippen MR) is 68.4 cm³/mol. The summed E-state index contributed by atoms with van der Waals surface area (Å²) < 4.78 is 10.5. The Balaban J connectivity index is 2.07. The van der Waals surface area contributed by atoms with E-state index in [4.69, 9.17) is 9.47 Å². The van der Waals surface area contributed by atoms with Crippen LogP contribution in [0.5, 0.6) is 5.75 Å². The Labute approximate surface area is 101 Å². The van der Waals surface area contributed by atoms with Gasteiger partial charge < -0.3 is 9.47 Å². The van der Waals surface area contributed by atoms with Crippen LogP contribution in [0.4, 0.5) is 0 Å². The summed E-state index contributed by atoms with van der Waals surface area (Å²) in [6.07, 6.45) is 2.61. The molecule has 0 amide bonds. The first-order valence-corrected chi connectivity index (χ1v) is 6.03. The third kappa shape index (κ3) is 2.13. The summed E-state index contributed by atoms with van der Waals surface area (Å²) in [6.45, 7) is 0.308. The Bertz CT molecular complexity index is 529. The Morgan fingerprint density at radius 3 is 2.76 bits per heavy atom. The average molecular weight is 228 g/mol. The van der Waals surface area contributed by atoms with Crippen molar-refractivity contribution >= 4 is 10.8 Å². The zero-order chi connectivity index (χ0) is 11.7. The molecule has 2 nitrogen and oxygen atoms in total. The molecule has 0 heterocycles. The van der Waals surface area contributed by atoms with E-state index in [9.17, 15) is 0 Å². The Kier molecular flexibility index (Phi) is 2.73. The zero-order valence-corrected chi connectivity index (χ0v) is 9.98. The van der Waals surface area contributed by atoms with E-state index in [1.54, 1.807) is 7.11 Å². The first kappa shape index (κ1) is 10.6. The SMILES string of the molecule is COCOc1cc(C2CC2)c2ccccc2c1. The van der Waals surface area contributed by atoms with Crippen molar-refractivity contribution in [1.82, 2.24) is 0 Å². The van der Waals surface area contributed by atoms with Crippen LogP contribution in [-0.2, 0) is 4.74 Å². The molecular weight excluding hydrogens is 212 g/mol. The van der Waals surface area contributed by atoms with Crippen LogP contribution in [0.2, 0.25) is 0 Å². The molecule has 0 aliphatic heterocycles. The quantitative estimate of drug-likeness (QED) is 0.743. The number of rotatable bonds is 4. The molecule has 0 atom stereocenters. The van der Waals surface area contributed by atoms with Gasteiger partial charge in [0.05, 0.1) is 0 Å². The number of ether oxygens (including phenoxy) is 2. The van der Waals surface area contributed by atoms with Crippen LogP contribution in [0.25, 0.3) is 10.8 Å². The van der Waals surface area contributed by atoms with Crippen molar-refractivity contribution in [3.05, 3.63) is 42.0 Å². The molecule has 88 valence electrons. The normalized spacial score (nSPS) is 15.1. The molecule has 0 bridgehead atoms. The van der Waals surface area contributed by atoms with Gasteiger partial charge >= 0.3 is 0 Å². The highest BCUT2D eigenvalue weighted by atomic mass is 16.7. The first-order valence-electron chi connectivity index (χ1n) is 6.03. The molecule has 2 heteroatoms. The van der Waals surface area contributed by atoms with Crippen LogP contribution >= 0.6 is 0 Å². The minimum atomic E-state index is 0.308. The fraction of sp³-hybridized carbons (Fsp3) is 0.333. The zero-order valence-electron chi connectivity index (χ0n) is 9.98. The van der Waals surface area contributed by atoms with Gasteiger partial charge in [-0.3, -0.25) is 0 Å². The molecule has 0 aromatic heterocycles. The highest BCUT2D eigenvalue weighted by molar-refractivity contribution is 5.88. The summed E-state index contributed by atoms with van der Waals surface area (Å²) in [6, 6.07) is 12.8. The average Bonchev–Trinajstić information content (AvgIpc) is 3.19. The highest BCUT2D eigenvalue weighted by Gasteiger charge is 2.25. The minimum Gasteiger partial charge on any atom is -0.468 e. The lowest BCUT2D eigenvalue weighted by Gasteiger charge is -2.10. The van der Waals surface area contributed by atoms with E-state index in [-0.39, 0.29) is 0 Å². The Hall–Kier alpha value is -1.54. The molecule has 0 N–H and O–H groups in total. The molecule has 17 heavy (non-hydrogen) atoms. The van der Waals surface area contributed by atoms with Crippen molar-refractivity contribution in [3.8, 4) is 5.75 Å². The molecule has 1 aliphatic rings. The monoisotopic (exact) mass is 228 g/mol. The number of benzene rings is 2. The fourth-order valence-corrected chi connectivity index (χ4v) is 2.25. The second-order valence-corrected chi connectivity index (χ2v) is 4.56. The molecule has 1 fully saturated rings. The molecule has 0 radical (unpaired) electrons. The maximum Gasteiger partial charge on any atom is 0.188 e. The highest BCUT2D eigenvalue weighted by Crippen LogP contribution is 2.44. The van der Waals surface area contributed by atoms with Crippen LogP contribution in [0.3, 0.4) is 0 Å². The molecule has 3 rings (SSSR count). The van der Waals surface area contributed by atoms with Crippen LogP contribution < -0.4 is 4.74 Å². The van der Waals surface area contributed by atoms with Gasteiger partial charge in [-0.1, -0.05) is 24.3 Å². The molecule has 1 saturated carbocycles. The lowest BCUT2D eigenvalue weighted by atomic mass is 10.0. The number of fused-ring (bicyclic) bond motifs is 1. The second-order valence-electron chi connectivity index (χ2n) is 4.56. The van der Waals surface area contributed by atoms with Crippen molar-refractivity contribution in [1.29, 1.82) is 0 Å². The molecule has 0 spiro atoms. The van der Waals surface area contributed by atoms with Gasteiger partial charge in [0.2, 0.25) is 0 Å². The van der Waals surface area contributed by atoms with E-state index in [1.165, 1.54) is 29.2 Å². The molecule has 1 aliphatic carbocycles. The summed E-state index contributed by atoms with van der Waals surface area (Å²) in [5.74, 6) is 1.64. The van der Waals surface area contributed by atoms with Crippen molar-refractivity contribution in [2.75, 3.05) is 13.9 Å². The van der Waals surface area contributed by atoms with Gasteiger partial charge in [-0.15, -0.1) is 0 Å². The van der Waals surface area contributed by atoms with E-state index in [1.807, 2.05) is 0 Å². The van der Waals surface area contributed by atoms with E-state index in [0.29, 0.717) is 6.79 Å². The molecular formula is C15H16O2. The van der Waals surface area contributed by atoms with Crippen LogP contribution in [-0.4, -0.2) is 13.9 Å². The third-order valence-corrected chi connectivity index (χ3v) is 3.23. The summed E-state index contributed by atoms with van der Waals surface area (Å²) in [5, 5.41) is 2.61. The maximum absolute atomic E-state index is 5.56. The van der Waals surface area contributed by atoms with Crippen molar-refractivity contribution < 1.29 is 9.47 Å². The molecule has 0 unspecified atom stereocenters. The van der Waals surface area contributed by atoms with E-state index < -0.39 is 0 Å². The molecule has 0 saturated heterocycles. The van der Waals surface area contributed by atoms with E-state index in [0.717, 1.165) is 11.7 Å². The lowest BCUT2D eigenvalue weighted by Crippen LogP contribution is -1.99. The number of hydrogen-bond donors (Lipinski definition) is 0. The molecule has 2 aromatic carbocycles. The second kappa shape index (κ2) is 4.38. The largest absolute Gasteiger partial charge is 0.468 e. The van der Waals surface area contributed by atoms with Crippen molar-refractivity contribution in [2.24, 2.45) is 0 Å². The van der Waals surface area contributed by atoms with Gasteiger partial charge in [-0.2, -0.15) is 0 Å². The smallest absolute Gasteiger partial charge is 0.188 e.